The smallest absolute Gasteiger partial charge is 0.207 e. The van der Waals surface area contributed by atoms with Crippen molar-refractivity contribution in [2.75, 3.05) is 13.6 Å². The fourth-order valence-corrected chi connectivity index (χ4v) is 3.79. The molecule has 1 aromatic heterocycles. The first kappa shape index (κ1) is 15.6. The molecular formula is C13H13BrFNO2S2. The second-order valence-electron chi connectivity index (χ2n) is 4.23. The third kappa shape index (κ3) is 3.46. The van der Waals surface area contributed by atoms with Crippen LogP contribution < -0.4 is 0 Å². The fourth-order valence-electron chi connectivity index (χ4n) is 1.66. The highest BCUT2D eigenvalue weighted by Gasteiger charge is 2.21. The van der Waals surface area contributed by atoms with Crippen molar-refractivity contribution in [1.82, 2.24) is 4.31 Å². The number of thiophene rings is 1. The van der Waals surface area contributed by atoms with Crippen LogP contribution in [0.2, 0.25) is 0 Å². The minimum atomic E-state index is -3.65. The van der Waals surface area contributed by atoms with Crippen molar-refractivity contribution in [2.45, 2.75) is 11.3 Å². The number of nitrogens with zero attached hydrogens (tertiary/aromatic N) is 1. The van der Waals surface area contributed by atoms with E-state index < -0.39 is 15.8 Å². The molecule has 0 aliphatic heterocycles. The first-order valence-electron chi connectivity index (χ1n) is 5.85. The molecule has 0 atom stereocenters. The number of benzene rings is 1. The van der Waals surface area contributed by atoms with Gasteiger partial charge in [-0.15, -0.1) is 11.3 Å². The summed E-state index contributed by atoms with van der Waals surface area (Å²) in [5.74, 6) is -0.585. The predicted octanol–water partition coefficient (Wildman–Crippen LogP) is 3.51. The van der Waals surface area contributed by atoms with E-state index in [0.717, 1.165) is 10.9 Å². The Morgan fingerprint density at radius 1 is 1.35 bits per heavy atom. The Morgan fingerprint density at radius 2 is 2.10 bits per heavy atom. The van der Waals surface area contributed by atoms with Gasteiger partial charge in [0.15, 0.2) is 0 Å². The average Bonchev–Trinajstić information content (AvgIpc) is 2.92. The number of hydrogen-bond donors (Lipinski definition) is 0. The molecule has 0 spiro atoms. The van der Waals surface area contributed by atoms with Gasteiger partial charge in [0.05, 0.1) is 9.37 Å². The molecule has 0 aliphatic carbocycles. The summed E-state index contributed by atoms with van der Waals surface area (Å²) in [6, 6.07) is 7.71. The van der Waals surface area contributed by atoms with Gasteiger partial charge in [-0.1, -0.05) is 6.07 Å². The van der Waals surface area contributed by atoms with Crippen molar-refractivity contribution in [1.29, 1.82) is 0 Å². The molecule has 0 bridgehead atoms. The van der Waals surface area contributed by atoms with Gasteiger partial charge in [0, 0.05) is 18.5 Å². The molecule has 1 heterocycles. The standard InChI is InChI=1S/C13H13BrFNO2S2/c1-16(7-6-10-3-2-8-19-10)20(17,18)11-4-5-12(14)13(15)9-11/h2-5,8-9H,6-7H2,1H3. The van der Waals surface area contributed by atoms with Gasteiger partial charge in [-0.3, -0.25) is 0 Å². The number of halogens is 2. The van der Waals surface area contributed by atoms with Crippen LogP contribution in [0.25, 0.3) is 0 Å². The summed E-state index contributed by atoms with van der Waals surface area (Å²) in [6.07, 6.45) is 0.645. The second-order valence-corrected chi connectivity index (χ2v) is 8.16. The molecule has 20 heavy (non-hydrogen) atoms. The maximum absolute atomic E-state index is 13.5. The fraction of sp³-hybridized carbons (Fsp3) is 0.231. The first-order chi connectivity index (χ1) is 9.41. The zero-order chi connectivity index (χ0) is 14.8. The highest BCUT2D eigenvalue weighted by molar-refractivity contribution is 9.10. The molecule has 0 fully saturated rings. The maximum atomic E-state index is 13.5. The van der Waals surface area contributed by atoms with Crippen LogP contribution >= 0.6 is 27.3 Å². The Hall–Kier alpha value is -0.760. The van der Waals surface area contributed by atoms with Gasteiger partial charge in [0.1, 0.15) is 5.82 Å². The minimum absolute atomic E-state index is 0.0353. The van der Waals surface area contributed by atoms with E-state index in [1.165, 1.54) is 23.5 Å². The van der Waals surface area contributed by atoms with Gasteiger partial charge in [-0.25, -0.2) is 17.1 Å². The highest BCUT2D eigenvalue weighted by atomic mass is 79.9. The van der Waals surface area contributed by atoms with Gasteiger partial charge >= 0.3 is 0 Å². The van der Waals surface area contributed by atoms with E-state index in [1.54, 1.807) is 11.3 Å². The van der Waals surface area contributed by atoms with E-state index in [2.05, 4.69) is 15.9 Å². The van der Waals surface area contributed by atoms with Crippen LogP contribution in [-0.2, 0) is 16.4 Å². The van der Waals surface area contributed by atoms with E-state index in [4.69, 9.17) is 0 Å². The van der Waals surface area contributed by atoms with Crippen molar-refractivity contribution < 1.29 is 12.8 Å². The summed E-state index contributed by atoms with van der Waals surface area (Å²) in [5, 5.41) is 1.95. The molecule has 0 radical (unpaired) electrons. The number of likely N-dealkylation sites (N-methyl/N-ethyl adjacent to an activating group) is 1. The van der Waals surface area contributed by atoms with E-state index in [9.17, 15) is 12.8 Å². The van der Waals surface area contributed by atoms with Gasteiger partial charge < -0.3 is 0 Å². The Kier molecular flexibility index (Phi) is 4.95. The van der Waals surface area contributed by atoms with Crippen molar-refractivity contribution >= 4 is 37.3 Å². The molecule has 1 aromatic carbocycles. The lowest BCUT2D eigenvalue weighted by atomic mass is 10.3. The van der Waals surface area contributed by atoms with E-state index in [-0.39, 0.29) is 9.37 Å². The first-order valence-corrected chi connectivity index (χ1v) is 8.96. The lowest BCUT2D eigenvalue weighted by Crippen LogP contribution is -2.29. The number of hydrogen-bond acceptors (Lipinski definition) is 3. The summed E-state index contributed by atoms with van der Waals surface area (Å²) in [7, 11) is -2.15. The normalized spacial score (nSPS) is 12.0. The van der Waals surface area contributed by atoms with E-state index >= 15 is 0 Å². The van der Waals surface area contributed by atoms with E-state index in [1.807, 2.05) is 17.5 Å². The summed E-state index contributed by atoms with van der Waals surface area (Å²) in [6.45, 7) is 0.362. The third-order valence-electron chi connectivity index (χ3n) is 2.85. The monoisotopic (exact) mass is 377 g/mol. The van der Waals surface area contributed by atoms with Crippen molar-refractivity contribution in [3.05, 3.63) is 50.9 Å². The lowest BCUT2D eigenvalue weighted by Gasteiger charge is -2.17. The highest BCUT2D eigenvalue weighted by Crippen LogP contribution is 2.22. The average molecular weight is 378 g/mol. The molecule has 0 saturated carbocycles. The molecule has 108 valence electrons. The molecule has 0 amide bonds. The Bertz CT molecular complexity index is 686. The van der Waals surface area contributed by atoms with Crippen LogP contribution in [0.15, 0.2) is 45.1 Å². The van der Waals surface area contributed by atoms with Crippen molar-refractivity contribution in [3.63, 3.8) is 0 Å². The molecule has 2 rings (SSSR count). The molecule has 0 aliphatic rings. The van der Waals surface area contributed by atoms with Crippen LogP contribution in [0.4, 0.5) is 4.39 Å². The van der Waals surface area contributed by atoms with Crippen molar-refractivity contribution in [2.24, 2.45) is 0 Å². The van der Waals surface area contributed by atoms with E-state index in [0.29, 0.717) is 13.0 Å². The largest absolute Gasteiger partial charge is 0.242 e. The summed E-state index contributed by atoms with van der Waals surface area (Å²) in [5.41, 5.74) is 0. The Balaban J connectivity index is 2.14. The lowest BCUT2D eigenvalue weighted by molar-refractivity contribution is 0.472. The van der Waals surface area contributed by atoms with Crippen molar-refractivity contribution in [3.8, 4) is 0 Å². The van der Waals surface area contributed by atoms with Crippen LogP contribution in [0.3, 0.4) is 0 Å². The minimum Gasteiger partial charge on any atom is -0.207 e. The number of sulfonamides is 1. The predicted molar refractivity (Wildman–Crippen MR) is 81.9 cm³/mol. The van der Waals surface area contributed by atoms with Gasteiger partial charge in [0.25, 0.3) is 0 Å². The SMILES string of the molecule is CN(CCc1cccs1)S(=O)(=O)c1ccc(Br)c(F)c1. The second kappa shape index (κ2) is 6.34. The van der Waals surface area contributed by atoms with Crippen LogP contribution in [0.5, 0.6) is 0 Å². The quantitative estimate of drug-likeness (QED) is 0.799. The number of rotatable bonds is 5. The summed E-state index contributed by atoms with van der Waals surface area (Å²) in [4.78, 5) is 1.08. The summed E-state index contributed by atoms with van der Waals surface area (Å²) < 4.78 is 39.6. The van der Waals surface area contributed by atoms with Gasteiger partial charge in [-0.2, -0.15) is 0 Å². The van der Waals surface area contributed by atoms with Crippen LogP contribution in [0.1, 0.15) is 4.88 Å². The molecular weight excluding hydrogens is 365 g/mol. The molecule has 7 heteroatoms. The third-order valence-corrected chi connectivity index (χ3v) is 6.28. The maximum Gasteiger partial charge on any atom is 0.242 e. The summed E-state index contributed by atoms with van der Waals surface area (Å²) >= 11 is 4.60. The zero-order valence-electron chi connectivity index (χ0n) is 10.7. The topological polar surface area (TPSA) is 37.4 Å². The molecule has 0 N–H and O–H groups in total. The Morgan fingerprint density at radius 3 is 2.70 bits per heavy atom. The van der Waals surface area contributed by atoms with Gasteiger partial charge in [-0.05, 0) is 52.0 Å². The zero-order valence-corrected chi connectivity index (χ0v) is 13.9. The van der Waals surface area contributed by atoms with Gasteiger partial charge in [0.2, 0.25) is 10.0 Å². The van der Waals surface area contributed by atoms with Crippen LogP contribution in [-0.4, -0.2) is 26.3 Å². The van der Waals surface area contributed by atoms with Crippen LogP contribution in [0, 0.1) is 5.82 Å². The Labute approximate surface area is 130 Å². The molecule has 2 aromatic rings. The molecule has 0 unspecified atom stereocenters. The molecule has 3 nitrogen and oxygen atoms in total. The molecule has 0 saturated heterocycles.